The van der Waals surface area contributed by atoms with Crippen molar-refractivity contribution in [2.75, 3.05) is 26.2 Å². The standard InChI is InChI=1S/C19H26FN3O2.ClH/c1-13-6-7-15(20)10-16(13)19(25)23-9-3-4-14(12-23)11-22-18(24)17-5-2-8-21-17;/h6-7,10,14,17,21H,2-5,8-9,11-12H2,1H3,(H,22,24);1H. The van der Waals surface area contributed by atoms with E-state index < -0.39 is 0 Å². The van der Waals surface area contributed by atoms with Crippen LogP contribution in [0.1, 0.15) is 41.6 Å². The molecular weight excluding hydrogens is 357 g/mol. The average Bonchev–Trinajstić information content (AvgIpc) is 3.16. The van der Waals surface area contributed by atoms with Crippen molar-refractivity contribution in [1.29, 1.82) is 0 Å². The van der Waals surface area contributed by atoms with Gasteiger partial charge in [0.25, 0.3) is 5.91 Å². The van der Waals surface area contributed by atoms with Gasteiger partial charge in [-0.15, -0.1) is 12.4 Å². The number of piperidine rings is 1. The quantitative estimate of drug-likeness (QED) is 0.838. The van der Waals surface area contributed by atoms with Crippen LogP contribution in [0.5, 0.6) is 0 Å². The van der Waals surface area contributed by atoms with Gasteiger partial charge in [0.2, 0.25) is 5.91 Å². The van der Waals surface area contributed by atoms with Crippen LogP contribution in [0, 0.1) is 18.7 Å². The van der Waals surface area contributed by atoms with Gasteiger partial charge in [0.1, 0.15) is 5.82 Å². The minimum absolute atomic E-state index is 0. The molecule has 7 heteroatoms. The molecule has 0 bridgehead atoms. The third-order valence-electron chi connectivity index (χ3n) is 5.18. The maximum absolute atomic E-state index is 13.5. The zero-order valence-electron chi connectivity index (χ0n) is 15.1. The Labute approximate surface area is 160 Å². The topological polar surface area (TPSA) is 61.4 Å². The van der Waals surface area contributed by atoms with Gasteiger partial charge in [-0.2, -0.15) is 0 Å². The zero-order valence-corrected chi connectivity index (χ0v) is 15.9. The number of aryl methyl sites for hydroxylation is 1. The maximum atomic E-state index is 13.5. The van der Waals surface area contributed by atoms with Crippen LogP contribution in [-0.2, 0) is 4.79 Å². The molecule has 2 saturated heterocycles. The first kappa shape index (κ1) is 20.6. The first-order valence-corrected chi connectivity index (χ1v) is 9.11. The van der Waals surface area contributed by atoms with E-state index in [0.29, 0.717) is 25.2 Å². The molecule has 0 aromatic heterocycles. The molecule has 144 valence electrons. The van der Waals surface area contributed by atoms with Gasteiger partial charge in [0, 0.05) is 25.2 Å². The number of likely N-dealkylation sites (tertiary alicyclic amines) is 1. The summed E-state index contributed by atoms with van der Waals surface area (Å²) in [5.41, 5.74) is 1.22. The third-order valence-corrected chi connectivity index (χ3v) is 5.18. The number of benzene rings is 1. The predicted molar refractivity (Wildman–Crippen MR) is 101 cm³/mol. The molecule has 2 aliphatic heterocycles. The highest BCUT2D eigenvalue weighted by atomic mass is 35.5. The summed E-state index contributed by atoms with van der Waals surface area (Å²) in [7, 11) is 0. The van der Waals surface area contributed by atoms with Gasteiger partial charge < -0.3 is 15.5 Å². The second-order valence-corrected chi connectivity index (χ2v) is 7.11. The number of nitrogens with zero attached hydrogens (tertiary/aromatic N) is 1. The molecular formula is C19H27ClFN3O2. The van der Waals surface area contributed by atoms with Crippen LogP contribution in [0.2, 0.25) is 0 Å². The highest BCUT2D eigenvalue weighted by Gasteiger charge is 2.27. The maximum Gasteiger partial charge on any atom is 0.254 e. The Hall–Kier alpha value is -1.66. The van der Waals surface area contributed by atoms with E-state index in [4.69, 9.17) is 0 Å². The molecule has 1 aromatic carbocycles. The van der Waals surface area contributed by atoms with Crippen molar-refractivity contribution in [1.82, 2.24) is 15.5 Å². The minimum atomic E-state index is -0.390. The molecule has 2 amide bonds. The van der Waals surface area contributed by atoms with Gasteiger partial charge in [-0.1, -0.05) is 6.07 Å². The van der Waals surface area contributed by atoms with Gasteiger partial charge in [-0.3, -0.25) is 9.59 Å². The Bertz CT molecular complexity index is 650. The van der Waals surface area contributed by atoms with Gasteiger partial charge in [-0.25, -0.2) is 4.39 Å². The molecule has 2 N–H and O–H groups in total. The number of carbonyl (C=O) groups is 2. The van der Waals surface area contributed by atoms with Crippen LogP contribution < -0.4 is 10.6 Å². The highest BCUT2D eigenvalue weighted by molar-refractivity contribution is 5.95. The average molecular weight is 384 g/mol. The van der Waals surface area contributed by atoms with Crippen LogP contribution in [0.25, 0.3) is 0 Å². The zero-order chi connectivity index (χ0) is 17.8. The molecule has 5 nitrogen and oxygen atoms in total. The molecule has 0 aliphatic carbocycles. The van der Waals surface area contributed by atoms with Crippen molar-refractivity contribution >= 4 is 24.2 Å². The van der Waals surface area contributed by atoms with Crippen LogP contribution >= 0.6 is 12.4 Å². The lowest BCUT2D eigenvalue weighted by Gasteiger charge is -2.33. The van der Waals surface area contributed by atoms with Gasteiger partial charge >= 0.3 is 0 Å². The molecule has 0 spiro atoms. The Morgan fingerprint density at radius 1 is 1.31 bits per heavy atom. The summed E-state index contributed by atoms with van der Waals surface area (Å²) >= 11 is 0. The first-order valence-electron chi connectivity index (χ1n) is 9.11. The molecule has 1 aromatic rings. The minimum Gasteiger partial charge on any atom is -0.354 e. The fourth-order valence-corrected chi connectivity index (χ4v) is 3.69. The molecule has 0 saturated carbocycles. The highest BCUT2D eigenvalue weighted by Crippen LogP contribution is 2.20. The van der Waals surface area contributed by atoms with Crippen molar-refractivity contribution in [3.05, 3.63) is 35.1 Å². The van der Waals surface area contributed by atoms with Crippen molar-refractivity contribution < 1.29 is 14.0 Å². The van der Waals surface area contributed by atoms with E-state index in [2.05, 4.69) is 10.6 Å². The molecule has 2 atom stereocenters. The smallest absolute Gasteiger partial charge is 0.254 e. The number of hydrogen-bond acceptors (Lipinski definition) is 3. The Morgan fingerprint density at radius 3 is 2.85 bits per heavy atom. The van der Waals surface area contributed by atoms with Crippen molar-refractivity contribution in [2.45, 2.75) is 38.6 Å². The number of rotatable bonds is 4. The fourth-order valence-electron chi connectivity index (χ4n) is 3.69. The Balaban J connectivity index is 0.00000243. The lowest BCUT2D eigenvalue weighted by atomic mass is 9.96. The molecule has 3 rings (SSSR count). The largest absolute Gasteiger partial charge is 0.354 e. The number of halogens is 2. The van der Waals surface area contributed by atoms with Crippen molar-refractivity contribution in [2.24, 2.45) is 5.92 Å². The Morgan fingerprint density at radius 2 is 2.12 bits per heavy atom. The summed E-state index contributed by atoms with van der Waals surface area (Å²) in [4.78, 5) is 26.6. The molecule has 2 heterocycles. The van der Waals surface area contributed by atoms with Crippen LogP contribution in [0.15, 0.2) is 18.2 Å². The van der Waals surface area contributed by atoms with Crippen LogP contribution in [0.4, 0.5) is 4.39 Å². The normalized spacial score (nSPS) is 22.6. The van der Waals surface area contributed by atoms with E-state index >= 15 is 0 Å². The van der Waals surface area contributed by atoms with E-state index in [9.17, 15) is 14.0 Å². The number of carbonyl (C=O) groups excluding carboxylic acids is 2. The summed E-state index contributed by atoms with van der Waals surface area (Å²) in [5, 5.41) is 6.21. The molecule has 2 aliphatic rings. The number of nitrogens with one attached hydrogen (secondary N) is 2. The summed E-state index contributed by atoms with van der Waals surface area (Å²) in [6.07, 6.45) is 3.82. The van der Waals surface area contributed by atoms with E-state index in [1.54, 1.807) is 11.0 Å². The Kier molecular flexibility index (Phi) is 7.41. The second-order valence-electron chi connectivity index (χ2n) is 7.11. The van der Waals surface area contributed by atoms with E-state index in [1.807, 2.05) is 6.92 Å². The molecule has 26 heavy (non-hydrogen) atoms. The van der Waals surface area contributed by atoms with Crippen LogP contribution in [-0.4, -0.2) is 48.9 Å². The predicted octanol–water partition coefficient (Wildman–Crippen LogP) is 2.28. The summed E-state index contributed by atoms with van der Waals surface area (Å²) in [5.74, 6) is -0.205. The lowest BCUT2D eigenvalue weighted by molar-refractivity contribution is -0.123. The molecule has 2 fully saturated rings. The fraction of sp³-hybridized carbons (Fsp3) is 0.579. The van der Waals surface area contributed by atoms with E-state index in [-0.39, 0.29) is 42.0 Å². The lowest BCUT2D eigenvalue weighted by Crippen LogP contribution is -2.46. The summed E-state index contributed by atoms with van der Waals surface area (Å²) in [6.45, 7) is 4.60. The van der Waals surface area contributed by atoms with Gasteiger partial charge in [-0.05, 0) is 62.8 Å². The summed E-state index contributed by atoms with van der Waals surface area (Å²) in [6, 6.07) is 4.25. The summed E-state index contributed by atoms with van der Waals surface area (Å²) < 4.78 is 13.5. The van der Waals surface area contributed by atoms with Gasteiger partial charge in [0.15, 0.2) is 0 Å². The van der Waals surface area contributed by atoms with Crippen molar-refractivity contribution in [3.63, 3.8) is 0 Å². The second kappa shape index (κ2) is 9.33. The van der Waals surface area contributed by atoms with Crippen molar-refractivity contribution in [3.8, 4) is 0 Å². The van der Waals surface area contributed by atoms with E-state index in [0.717, 1.165) is 37.8 Å². The molecule has 0 radical (unpaired) electrons. The van der Waals surface area contributed by atoms with E-state index in [1.165, 1.54) is 12.1 Å². The number of hydrogen-bond donors (Lipinski definition) is 2. The first-order chi connectivity index (χ1) is 12.0. The third kappa shape index (κ3) is 4.95. The van der Waals surface area contributed by atoms with Gasteiger partial charge in [0.05, 0.1) is 6.04 Å². The molecule has 2 unspecified atom stereocenters. The van der Waals surface area contributed by atoms with Crippen LogP contribution in [0.3, 0.4) is 0 Å². The number of amides is 2. The SMILES string of the molecule is Cc1ccc(F)cc1C(=O)N1CCCC(CNC(=O)C2CCCN2)C1.Cl. The monoisotopic (exact) mass is 383 g/mol.